The number of pyridine rings is 1. The molecular weight excluding hydrogens is 268 g/mol. The molecule has 1 N–H and O–H groups in total. The van der Waals surface area contributed by atoms with Gasteiger partial charge in [-0.15, -0.1) is 0 Å². The van der Waals surface area contributed by atoms with E-state index in [9.17, 15) is 9.59 Å². The van der Waals surface area contributed by atoms with Crippen LogP contribution in [-0.4, -0.2) is 24.0 Å². The SMILES string of the molecule is COC(=O)C(NC(=O)c1cccc(C)n1)c1ccccc1. The van der Waals surface area contributed by atoms with Gasteiger partial charge in [-0.3, -0.25) is 4.79 Å². The number of carbonyl (C=O) groups is 2. The van der Waals surface area contributed by atoms with Crippen molar-refractivity contribution in [2.24, 2.45) is 0 Å². The van der Waals surface area contributed by atoms with Crippen molar-refractivity contribution in [3.05, 3.63) is 65.5 Å². The molecule has 1 heterocycles. The summed E-state index contributed by atoms with van der Waals surface area (Å²) in [7, 11) is 1.29. The lowest BCUT2D eigenvalue weighted by Crippen LogP contribution is -2.35. The maximum Gasteiger partial charge on any atom is 0.333 e. The first kappa shape index (κ1) is 14.7. The highest BCUT2D eigenvalue weighted by Gasteiger charge is 2.24. The predicted octanol–water partition coefficient (Wildman–Crippen LogP) is 2.03. The number of carbonyl (C=O) groups excluding carboxylic acids is 2. The first-order chi connectivity index (χ1) is 10.1. The standard InChI is InChI=1S/C16H16N2O3/c1-11-7-6-10-13(17-11)15(19)18-14(16(20)21-2)12-8-4-3-5-9-12/h3-10,14H,1-2H3,(H,18,19). The molecule has 2 rings (SSSR count). The van der Waals surface area contributed by atoms with Crippen molar-refractivity contribution in [2.45, 2.75) is 13.0 Å². The summed E-state index contributed by atoms with van der Waals surface area (Å²) in [6.45, 7) is 1.80. The molecule has 0 aliphatic heterocycles. The van der Waals surface area contributed by atoms with Gasteiger partial charge in [0, 0.05) is 5.69 Å². The van der Waals surface area contributed by atoms with Gasteiger partial charge in [0.15, 0.2) is 6.04 Å². The number of amides is 1. The Bertz CT molecular complexity index is 641. The van der Waals surface area contributed by atoms with E-state index in [2.05, 4.69) is 10.3 Å². The molecule has 1 atom stereocenters. The monoisotopic (exact) mass is 284 g/mol. The van der Waals surface area contributed by atoms with Gasteiger partial charge in [-0.05, 0) is 24.6 Å². The van der Waals surface area contributed by atoms with Gasteiger partial charge in [0.2, 0.25) is 0 Å². The number of aromatic nitrogens is 1. The zero-order valence-corrected chi connectivity index (χ0v) is 11.9. The van der Waals surface area contributed by atoms with Gasteiger partial charge in [0.05, 0.1) is 7.11 Å². The van der Waals surface area contributed by atoms with Crippen LogP contribution in [-0.2, 0) is 9.53 Å². The Morgan fingerprint density at radius 2 is 1.81 bits per heavy atom. The number of hydrogen-bond donors (Lipinski definition) is 1. The molecule has 5 nitrogen and oxygen atoms in total. The van der Waals surface area contributed by atoms with Gasteiger partial charge < -0.3 is 10.1 Å². The van der Waals surface area contributed by atoms with Gasteiger partial charge in [-0.25, -0.2) is 9.78 Å². The molecule has 0 bridgehead atoms. The topological polar surface area (TPSA) is 68.3 Å². The second-order valence-corrected chi connectivity index (χ2v) is 4.50. The number of aryl methyl sites for hydroxylation is 1. The van der Waals surface area contributed by atoms with Crippen molar-refractivity contribution in [1.29, 1.82) is 0 Å². The largest absolute Gasteiger partial charge is 0.467 e. The molecule has 0 saturated heterocycles. The number of ether oxygens (including phenoxy) is 1. The molecular formula is C16H16N2O3. The maximum absolute atomic E-state index is 12.2. The Morgan fingerprint density at radius 1 is 1.10 bits per heavy atom. The van der Waals surface area contributed by atoms with Crippen LogP contribution in [0.2, 0.25) is 0 Å². The van der Waals surface area contributed by atoms with Crippen LogP contribution < -0.4 is 5.32 Å². The van der Waals surface area contributed by atoms with E-state index in [-0.39, 0.29) is 5.69 Å². The molecule has 5 heteroatoms. The Balaban J connectivity index is 2.23. The van der Waals surface area contributed by atoms with E-state index in [1.165, 1.54) is 7.11 Å². The lowest BCUT2D eigenvalue weighted by Gasteiger charge is -2.16. The Kier molecular flexibility index (Phi) is 4.66. The van der Waals surface area contributed by atoms with Crippen molar-refractivity contribution >= 4 is 11.9 Å². The normalized spacial score (nSPS) is 11.5. The number of nitrogens with zero attached hydrogens (tertiary/aromatic N) is 1. The minimum Gasteiger partial charge on any atom is -0.467 e. The van der Waals surface area contributed by atoms with Crippen molar-refractivity contribution in [2.75, 3.05) is 7.11 Å². The minimum atomic E-state index is -0.856. The van der Waals surface area contributed by atoms with Crippen LogP contribution >= 0.6 is 0 Å². The summed E-state index contributed by atoms with van der Waals surface area (Å²) in [4.78, 5) is 28.2. The number of rotatable bonds is 4. The van der Waals surface area contributed by atoms with E-state index in [1.807, 2.05) is 6.07 Å². The molecule has 21 heavy (non-hydrogen) atoms. The Labute approximate surface area is 123 Å². The number of nitrogens with one attached hydrogen (secondary N) is 1. The fourth-order valence-electron chi connectivity index (χ4n) is 1.92. The molecule has 1 unspecified atom stereocenters. The molecule has 0 radical (unpaired) electrons. The van der Waals surface area contributed by atoms with E-state index in [0.29, 0.717) is 5.56 Å². The van der Waals surface area contributed by atoms with Crippen molar-refractivity contribution in [3.63, 3.8) is 0 Å². The van der Waals surface area contributed by atoms with Crippen LogP contribution in [0.4, 0.5) is 0 Å². The Morgan fingerprint density at radius 3 is 2.43 bits per heavy atom. The van der Waals surface area contributed by atoms with Gasteiger partial charge in [-0.2, -0.15) is 0 Å². The smallest absolute Gasteiger partial charge is 0.333 e. The van der Waals surface area contributed by atoms with Gasteiger partial charge in [0.25, 0.3) is 5.91 Å². The van der Waals surface area contributed by atoms with Gasteiger partial charge in [-0.1, -0.05) is 36.4 Å². The fraction of sp³-hybridized carbons (Fsp3) is 0.188. The summed E-state index contributed by atoms with van der Waals surface area (Å²) >= 11 is 0. The van der Waals surface area contributed by atoms with Crippen LogP contribution in [0.1, 0.15) is 27.8 Å². The second kappa shape index (κ2) is 6.65. The van der Waals surface area contributed by atoms with Crippen LogP contribution in [0.3, 0.4) is 0 Å². The second-order valence-electron chi connectivity index (χ2n) is 4.50. The van der Waals surface area contributed by atoms with E-state index in [0.717, 1.165) is 5.69 Å². The number of hydrogen-bond acceptors (Lipinski definition) is 4. The van der Waals surface area contributed by atoms with Crippen LogP contribution in [0.15, 0.2) is 48.5 Å². The molecule has 0 fully saturated rings. The molecule has 2 aromatic rings. The summed E-state index contributed by atoms with van der Waals surface area (Å²) in [5.74, 6) is -0.944. The molecule has 0 aliphatic rings. The van der Waals surface area contributed by atoms with Crippen molar-refractivity contribution < 1.29 is 14.3 Å². The van der Waals surface area contributed by atoms with E-state index in [1.54, 1.807) is 49.4 Å². The minimum absolute atomic E-state index is 0.264. The summed E-state index contributed by atoms with van der Waals surface area (Å²) < 4.78 is 4.75. The fourth-order valence-corrected chi connectivity index (χ4v) is 1.92. The van der Waals surface area contributed by atoms with Gasteiger partial charge in [0.1, 0.15) is 5.69 Å². The summed E-state index contributed by atoms with van der Waals surface area (Å²) in [6.07, 6.45) is 0. The molecule has 0 aliphatic carbocycles. The quantitative estimate of drug-likeness (QED) is 0.872. The first-order valence-electron chi connectivity index (χ1n) is 6.49. The Hall–Kier alpha value is -2.69. The third-order valence-corrected chi connectivity index (χ3v) is 2.97. The maximum atomic E-state index is 12.2. The lowest BCUT2D eigenvalue weighted by molar-refractivity contribution is -0.143. The summed E-state index contributed by atoms with van der Waals surface area (Å²) in [5.41, 5.74) is 1.65. The number of esters is 1. The average molecular weight is 284 g/mol. The van der Waals surface area contributed by atoms with Crippen LogP contribution in [0, 0.1) is 6.92 Å². The summed E-state index contributed by atoms with van der Waals surface area (Å²) in [5, 5.41) is 2.65. The predicted molar refractivity (Wildman–Crippen MR) is 77.6 cm³/mol. The lowest BCUT2D eigenvalue weighted by atomic mass is 10.1. The first-order valence-corrected chi connectivity index (χ1v) is 6.49. The third kappa shape index (κ3) is 3.66. The number of benzene rings is 1. The van der Waals surface area contributed by atoms with Crippen molar-refractivity contribution in [3.8, 4) is 0 Å². The molecule has 1 amide bonds. The van der Waals surface area contributed by atoms with Gasteiger partial charge >= 0.3 is 5.97 Å². The third-order valence-electron chi connectivity index (χ3n) is 2.97. The zero-order valence-electron chi connectivity index (χ0n) is 11.9. The van der Waals surface area contributed by atoms with Crippen molar-refractivity contribution in [1.82, 2.24) is 10.3 Å². The molecule has 108 valence electrons. The average Bonchev–Trinajstić information content (AvgIpc) is 2.52. The van der Waals surface area contributed by atoms with E-state index < -0.39 is 17.9 Å². The highest BCUT2D eigenvalue weighted by Crippen LogP contribution is 2.15. The molecule has 0 saturated carbocycles. The molecule has 1 aromatic heterocycles. The van der Waals surface area contributed by atoms with Crippen LogP contribution in [0.25, 0.3) is 0 Å². The highest BCUT2D eigenvalue weighted by atomic mass is 16.5. The number of methoxy groups -OCH3 is 1. The highest BCUT2D eigenvalue weighted by molar-refractivity contribution is 5.95. The summed E-state index contributed by atoms with van der Waals surface area (Å²) in [6, 6.07) is 13.2. The van der Waals surface area contributed by atoms with E-state index in [4.69, 9.17) is 4.74 Å². The molecule has 0 spiro atoms. The van der Waals surface area contributed by atoms with Crippen LogP contribution in [0.5, 0.6) is 0 Å². The zero-order chi connectivity index (χ0) is 15.2. The molecule has 1 aromatic carbocycles. The van der Waals surface area contributed by atoms with E-state index >= 15 is 0 Å².